The SMILES string of the molecule is Cc1c(CC(=O)N[C@@H](Cc2ccc(Cl)cc2)C(=O)NCCC(=O)O)c(=O)oc2c(C)c3occ(C(C)(C)C)c3cc12. The van der Waals surface area contributed by atoms with Crippen LogP contribution in [0.25, 0.3) is 21.9 Å². The van der Waals surface area contributed by atoms with Crippen molar-refractivity contribution in [3.05, 3.63) is 79.9 Å². The zero-order valence-corrected chi connectivity index (χ0v) is 24.4. The van der Waals surface area contributed by atoms with E-state index in [1.807, 2.05) is 13.0 Å². The minimum absolute atomic E-state index is 0.0904. The topological polar surface area (TPSA) is 139 Å². The predicted octanol–water partition coefficient (Wildman–Crippen LogP) is 4.97. The maximum absolute atomic E-state index is 13.2. The monoisotopic (exact) mass is 580 g/mol. The summed E-state index contributed by atoms with van der Waals surface area (Å²) >= 11 is 5.97. The Morgan fingerprint density at radius 1 is 1.02 bits per heavy atom. The Bertz CT molecular complexity index is 1690. The van der Waals surface area contributed by atoms with Crippen LogP contribution in [0.1, 0.15) is 55.0 Å². The molecule has 9 nitrogen and oxygen atoms in total. The second-order valence-electron chi connectivity index (χ2n) is 11.2. The molecule has 0 fully saturated rings. The van der Waals surface area contributed by atoms with Crippen molar-refractivity contribution >= 4 is 51.3 Å². The van der Waals surface area contributed by atoms with Crippen LogP contribution in [0.2, 0.25) is 5.02 Å². The lowest BCUT2D eigenvalue weighted by Crippen LogP contribution is -2.49. The molecule has 3 N–H and O–H groups in total. The third kappa shape index (κ3) is 6.62. The van der Waals surface area contributed by atoms with E-state index in [1.54, 1.807) is 37.5 Å². The Labute approximate surface area is 241 Å². The van der Waals surface area contributed by atoms with Gasteiger partial charge in [0.2, 0.25) is 11.8 Å². The molecule has 0 unspecified atom stereocenters. The first-order chi connectivity index (χ1) is 19.3. The van der Waals surface area contributed by atoms with Crippen LogP contribution in [0.4, 0.5) is 0 Å². The minimum atomic E-state index is -1.06. The van der Waals surface area contributed by atoms with Gasteiger partial charge in [-0.15, -0.1) is 0 Å². The number of aliphatic carboxylic acids is 1. The molecule has 2 aromatic heterocycles. The van der Waals surface area contributed by atoms with Crippen molar-refractivity contribution in [2.75, 3.05) is 6.54 Å². The molecule has 41 heavy (non-hydrogen) atoms. The summed E-state index contributed by atoms with van der Waals surface area (Å²) < 4.78 is 11.5. The Kier molecular flexibility index (Phi) is 8.58. The van der Waals surface area contributed by atoms with Crippen molar-refractivity contribution in [2.45, 2.75) is 65.3 Å². The molecule has 4 rings (SSSR count). The van der Waals surface area contributed by atoms with E-state index in [2.05, 4.69) is 31.4 Å². The highest BCUT2D eigenvalue weighted by atomic mass is 35.5. The normalized spacial score (nSPS) is 12.4. The highest BCUT2D eigenvalue weighted by Crippen LogP contribution is 2.37. The van der Waals surface area contributed by atoms with Crippen molar-refractivity contribution in [3.8, 4) is 0 Å². The molecule has 0 bridgehead atoms. The van der Waals surface area contributed by atoms with Crippen LogP contribution >= 0.6 is 11.6 Å². The number of benzene rings is 2. The number of fused-ring (bicyclic) bond motifs is 2. The van der Waals surface area contributed by atoms with Gasteiger partial charge < -0.3 is 24.6 Å². The molecule has 0 spiro atoms. The molecule has 0 aliphatic heterocycles. The van der Waals surface area contributed by atoms with Crippen LogP contribution in [0.5, 0.6) is 0 Å². The fraction of sp³-hybridized carbons (Fsp3) is 0.355. The van der Waals surface area contributed by atoms with Crippen molar-refractivity contribution in [2.24, 2.45) is 0 Å². The van der Waals surface area contributed by atoms with Gasteiger partial charge in [-0.2, -0.15) is 0 Å². The number of halogens is 1. The first-order valence-corrected chi connectivity index (χ1v) is 13.6. The lowest BCUT2D eigenvalue weighted by molar-refractivity contribution is -0.137. The van der Waals surface area contributed by atoms with Crippen LogP contribution in [-0.4, -0.2) is 35.5 Å². The number of carboxylic acid groups (broad SMARTS) is 1. The Balaban J connectivity index is 1.64. The number of aryl methyl sites for hydroxylation is 2. The number of amides is 2. The summed E-state index contributed by atoms with van der Waals surface area (Å²) in [6.07, 6.45) is 1.30. The third-order valence-electron chi connectivity index (χ3n) is 7.13. The molecule has 2 heterocycles. The van der Waals surface area contributed by atoms with Crippen LogP contribution in [0, 0.1) is 13.8 Å². The van der Waals surface area contributed by atoms with Gasteiger partial charge in [-0.05, 0) is 48.6 Å². The molecule has 1 atom stereocenters. The molecule has 2 amide bonds. The molecule has 0 aliphatic rings. The molecular formula is C31H33ClN2O7. The summed E-state index contributed by atoms with van der Waals surface area (Å²) in [5.41, 5.74) is 3.48. The van der Waals surface area contributed by atoms with E-state index >= 15 is 0 Å². The van der Waals surface area contributed by atoms with E-state index in [0.717, 1.165) is 16.5 Å². The Hall–Kier alpha value is -4.11. The van der Waals surface area contributed by atoms with Crippen LogP contribution in [-0.2, 0) is 32.6 Å². The third-order valence-corrected chi connectivity index (χ3v) is 7.38. The smallest absolute Gasteiger partial charge is 0.340 e. The van der Waals surface area contributed by atoms with Gasteiger partial charge in [0.15, 0.2) is 0 Å². The summed E-state index contributed by atoms with van der Waals surface area (Å²) in [6, 6.07) is 7.74. The fourth-order valence-corrected chi connectivity index (χ4v) is 4.99. The average Bonchev–Trinajstić information content (AvgIpc) is 3.33. The van der Waals surface area contributed by atoms with Crippen molar-refractivity contribution in [1.29, 1.82) is 0 Å². The predicted molar refractivity (Wildman–Crippen MR) is 156 cm³/mol. The molecule has 0 saturated heterocycles. The first-order valence-electron chi connectivity index (χ1n) is 13.3. The van der Waals surface area contributed by atoms with Gasteiger partial charge in [-0.25, -0.2) is 4.79 Å². The number of carbonyl (C=O) groups excluding carboxylic acids is 2. The molecule has 10 heteroatoms. The Morgan fingerprint density at radius 3 is 2.34 bits per heavy atom. The summed E-state index contributed by atoms with van der Waals surface area (Å²) in [6.45, 7) is 9.77. The standard InChI is InChI=1S/C31H33ClN2O7/c1-16-20-13-22-23(31(3,4)5)15-40-27(22)17(2)28(20)41-30(39)21(16)14-25(35)34-24(29(38)33-11-10-26(36)37)12-18-6-8-19(32)9-7-18/h6-9,13,15,24H,10-12,14H2,1-5H3,(H,33,38)(H,34,35)(H,36,37)/t24-/m0/s1. The average molecular weight is 581 g/mol. The molecule has 0 aliphatic carbocycles. The summed E-state index contributed by atoms with van der Waals surface area (Å²) in [5.74, 6) is -2.15. The lowest BCUT2D eigenvalue weighted by atomic mass is 9.86. The molecular weight excluding hydrogens is 548 g/mol. The number of rotatable bonds is 9. The summed E-state index contributed by atoms with van der Waals surface area (Å²) in [4.78, 5) is 50.1. The number of furan rings is 1. The highest BCUT2D eigenvalue weighted by Gasteiger charge is 2.26. The van der Waals surface area contributed by atoms with Crippen LogP contribution in [0.3, 0.4) is 0 Å². The van der Waals surface area contributed by atoms with Crippen LogP contribution in [0.15, 0.2) is 50.2 Å². The zero-order valence-electron chi connectivity index (χ0n) is 23.6. The van der Waals surface area contributed by atoms with Gasteiger partial charge in [0.1, 0.15) is 17.2 Å². The number of nitrogens with one attached hydrogen (secondary N) is 2. The summed E-state index contributed by atoms with van der Waals surface area (Å²) in [7, 11) is 0. The molecule has 216 valence electrons. The van der Waals surface area contributed by atoms with Gasteiger partial charge in [-0.1, -0.05) is 44.5 Å². The largest absolute Gasteiger partial charge is 0.481 e. The molecule has 0 radical (unpaired) electrons. The maximum Gasteiger partial charge on any atom is 0.340 e. The lowest BCUT2D eigenvalue weighted by Gasteiger charge is -2.19. The second kappa shape index (κ2) is 11.8. The van der Waals surface area contributed by atoms with E-state index in [9.17, 15) is 19.2 Å². The summed E-state index contributed by atoms with van der Waals surface area (Å²) in [5, 5.41) is 16.3. The first kappa shape index (κ1) is 29.9. The molecule has 2 aromatic carbocycles. The number of carbonyl (C=O) groups is 3. The van der Waals surface area contributed by atoms with Gasteiger partial charge in [0.05, 0.1) is 24.7 Å². The Morgan fingerprint density at radius 2 is 1.71 bits per heavy atom. The van der Waals surface area contributed by atoms with Gasteiger partial charge in [-0.3, -0.25) is 14.4 Å². The van der Waals surface area contributed by atoms with Crippen molar-refractivity contribution in [3.63, 3.8) is 0 Å². The maximum atomic E-state index is 13.2. The molecule has 4 aromatic rings. The van der Waals surface area contributed by atoms with E-state index in [-0.39, 0.29) is 36.8 Å². The quantitative estimate of drug-likeness (QED) is 0.238. The van der Waals surface area contributed by atoms with Crippen molar-refractivity contribution in [1.82, 2.24) is 10.6 Å². The van der Waals surface area contributed by atoms with Gasteiger partial charge in [0.25, 0.3) is 0 Å². The zero-order chi connectivity index (χ0) is 30.1. The minimum Gasteiger partial charge on any atom is -0.481 e. The number of hydrogen-bond acceptors (Lipinski definition) is 6. The van der Waals surface area contributed by atoms with E-state index in [0.29, 0.717) is 32.7 Å². The molecule has 0 saturated carbocycles. The van der Waals surface area contributed by atoms with E-state index in [1.165, 1.54) is 0 Å². The number of hydrogen-bond donors (Lipinski definition) is 3. The fourth-order valence-electron chi connectivity index (χ4n) is 4.87. The van der Waals surface area contributed by atoms with E-state index < -0.39 is 29.5 Å². The van der Waals surface area contributed by atoms with E-state index in [4.69, 9.17) is 25.5 Å². The van der Waals surface area contributed by atoms with Gasteiger partial charge in [0, 0.05) is 39.9 Å². The second-order valence-corrected chi connectivity index (χ2v) is 11.6. The van der Waals surface area contributed by atoms with Gasteiger partial charge >= 0.3 is 11.6 Å². The highest BCUT2D eigenvalue weighted by molar-refractivity contribution is 6.30. The van der Waals surface area contributed by atoms with Crippen molar-refractivity contribution < 1.29 is 28.3 Å². The number of carboxylic acids is 1. The van der Waals surface area contributed by atoms with Crippen LogP contribution < -0.4 is 16.3 Å².